The van der Waals surface area contributed by atoms with Gasteiger partial charge in [-0.2, -0.15) is 0 Å². The minimum atomic E-state index is -0.577. The zero-order chi connectivity index (χ0) is 16.8. The number of anilines is 1. The molecular formula is C16H20BrN3O3. The maximum absolute atomic E-state index is 12.8. The van der Waals surface area contributed by atoms with Crippen LogP contribution in [-0.4, -0.2) is 39.6 Å². The fourth-order valence-corrected chi connectivity index (χ4v) is 3.41. The number of rotatable bonds is 2. The Morgan fingerprint density at radius 2 is 2.09 bits per heavy atom. The van der Waals surface area contributed by atoms with Crippen molar-refractivity contribution in [1.82, 2.24) is 9.88 Å². The van der Waals surface area contributed by atoms with Crippen molar-refractivity contribution in [2.75, 3.05) is 3.93 Å². The second-order valence-corrected chi connectivity index (χ2v) is 7.72. The molecular weight excluding hydrogens is 362 g/mol. The summed E-state index contributed by atoms with van der Waals surface area (Å²) in [6.07, 6.45) is 2.84. The summed E-state index contributed by atoms with van der Waals surface area (Å²) in [6.45, 7) is 5.48. The Kier molecular flexibility index (Phi) is 4.08. The van der Waals surface area contributed by atoms with Gasteiger partial charge in [-0.1, -0.05) is 6.07 Å². The van der Waals surface area contributed by atoms with Crippen molar-refractivity contribution >= 4 is 34.0 Å². The number of amides is 2. The lowest BCUT2D eigenvalue weighted by atomic mass is 10.1. The van der Waals surface area contributed by atoms with Gasteiger partial charge in [0.05, 0.1) is 16.1 Å². The van der Waals surface area contributed by atoms with E-state index in [1.807, 2.05) is 26.8 Å². The number of piperidine rings is 1. The summed E-state index contributed by atoms with van der Waals surface area (Å²) in [6, 6.07) is 4.95. The first-order valence-corrected chi connectivity index (χ1v) is 8.41. The third-order valence-corrected chi connectivity index (χ3v) is 4.75. The van der Waals surface area contributed by atoms with Gasteiger partial charge in [-0.15, -0.1) is 0 Å². The molecule has 1 aromatic rings. The summed E-state index contributed by atoms with van der Waals surface area (Å²) in [5.74, 6) is 0.713. The Bertz CT molecular complexity index is 617. The quantitative estimate of drug-likeness (QED) is 0.738. The van der Waals surface area contributed by atoms with Crippen LogP contribution in [0.1, 0.15) is 33.6 Å². The van der Waals surface area contributed by atoms with Gasteiger partial charge in [0.15, 0.2) is 0 Å². The van der Waals surface area contributed by atoms with Crippen LogP contribution in [0.2, 0.25) is 0 Å². The van der Waals surface area contributed by atoms with E-state index in [9.17, 15) is 9.59 Å². The van der Waals surface area contributed by atoms with Gasteiger partial charge < -0.3 is 4.74 Å². The van der Waals surface area contributed by atoms with Gasteiger partial charge >= 0.3 is 6.09 Å². The molecule has 7 heteroatoms. The number of ether oxygens (including phenoxy) is 1. The average Bonchev–Trinajstić information content (AvgIpc) is 3.14. The van der Waals surface area contributed by atoms with Crippen LogP contribution in [0.5, 0.6) is 0 Å². The molecule has 0 bridgehead atoms. The number of nitrogens with zero attached hydrogens (tertiary/aromatic N) is 3. The van der Waals surface area contributed by atoms with Crippen LogP contribution >= 0.6 is 16.1 Å². The number of carbonyl (C=O) groups excluding carboxylic acids is 2. The predicted octanol–water partition coefficient (Wildman–Crippen LogP) is 3.12. The summed E-state index contributed by atoms with van der Waals surface area (Å²) in [5.41, 5.74) is -0.577. The van der Waals surface area contributed by atoms with E-state index in [2.05, 4.69) is 21.1 Å². The van der Waals surface area contributed by atoms with Gasteiger partial charge in [-0.05, 0) is 51.7 Å². The van der Waals surface area contributed by atoms with Crippen molar-refractivity contribution in [3.05, 3.63) is 24.4 Å². The summed E-state index contributed by atoms with van der Waals surface area (Å²) >= 11 is 3.28. The lowest BCUT2D eigenvalue weighted by molar-refractivity contribution is -0.122. The highest BCUT2D eigenvalue weighted by Gasteiger charge is 2.57. The van der Waals surface area contributed by atoms with Crippen molar-refractivity contribution in [3.63, 3.8) is 0 Å². The summed E-state index contributed by atoms with van der Waals surface area (Å²) in [4.78, 5) is 31.0. The standard InChI is InChI=1S/C16H20BrN3O3/c1-16(2,3)23-15(22)19-11-8-10(11)9-12(19)14(21)20(17)13-6-4-5-7-18-13/h4-7,10-12H,8-9H2,1-3H3. The summed E-state index contributed by atoms with van der Waals surface area (Å²) in [5, 5.41) is 0. The molecule has 23 heavy (non-hydrogen) atoms. The molecule has 0 radical (unpaired) electrons. The molecule has 1 saturated carbocycles. The Labute approximate surface area is 144 Å². The molecule has 2 amide bonds. The molecule has 1 aromatic heterocycles. The first-order chi connectivity index (χ1) is 10.8. The van der Waals surface area contributed by atoms with Gasteiger partial charge in [0, 0.05) is 12.2 Å². The first kappa shape index (κ1) is 16.2. The molecule has 124 valence electrons. The molecule has 2 fully saturated rings. The predicted molar refractivity (Wildman–Crippen MR) is 89.0 cm³/mol. The van der Waals surface area contributed by atoms with E-state index in [0.29, 0.717) is 18.2 Å². The van der Waals surface area contributed by atoms with Crippen LogP contribution in [0.3, 0.4) is 0 Å². The van der Waals surface area contributed by atoms with Gasteiger partial charge in [-0.25, -0.2) is 13.7 Å². The summed E-state index contributed by atoms with van der Waals surface area (Å²) < 4.78 is 6.80. The van der Waals surface area contributed by atoms with Crippen LogP contribution < -0.4 is 3.93 Å². The molecule has 2 heterocycles. The van der Waals surface area contributed by atoms with E-state index < -0.39 is 17.7 Å². The van der Waals surface area contributed by atoms with E-state index in [-0.39, 0.29) is 11.9 Å². The summed E-state index contributed by atoms with van der Waals surface area (Å²) in [7, 11) is 0. The number of pyridine rings is 1. The molecule has 6 nitrogen and oxygen atoms in total. The smallest absolute Gasteiger partial charge is 0.411 e. The van der Waals surface area contributed by atoms with Gasteiger partial charge in [0.1, 0.15) is 17.5 Å². The maximum atomic E-state index is 12.8. The number of halogens is 1. The van der Waals surface area contributed by atoms with Crippen molar-refractivity contribution in [1.29, 1.82) is 0 Å². The van der Waals surface area contributed by atoms with Crippen LogP contribution in [-0.2, 0) is 9.53 Å². The van der Waals surface area contributed by atoms with Crippen LogP contribution in [0.15, 0.2) is 24.4 Å². The second-order valence-electron chi connectivity index (χ2n) is 7.01. The van der Waals surface area contributed by atoms with Crippen LogP contribution in [0.4, 0.5) is 10.6 Å². The largest absolute Gasteiger partial charge is 0.444 e. The Morgan fingerprint density at radius 3 is 2.70 bits per heavy atom. The number of fused-ring (bicyclic) bond motifs is 1. The van der Waals surface area contributed by atoms with E-state index in [4.69, 9.17) is 4.74 Å². The number of hydrogen-bond donors (Lipinski definition) is 0. The second kappa shape index (κ2) is 5.78. The SMILES string of the molecule is CC(C)(C)OC(=O)N1C(C(=O)N(Br)c2ccccn2)CC2CC21. The van der Waals surface area contributed by atoms with Crippen molar-refractivity contribution in [2.45, 2.75) is 51.3 Å². The lowest BCUT2D eigenvalue weighted by Gasteiger charge is -2.31. The topological polar surface area (TPSA) is 62.7 Å². The third-order valence-electron chi connectivity index (χ3n) is 4.04. The zero-order valence-electron chi connectivity index (χ0n) is 13.4. The minimum absolute atomic E-state index is 0.128. The first-order valence-electron chi connectivity index (χ1n) is 7.70. The van der Waals surface area contributed by atoms with Gasteiger partial charge in [0.2, 0.25) is 0 Å². The monoisotopic (exact) mass is 381 g/mol. The van der Waals surface area contributed by atoms with Gasteiger partial charge in [-0.3, -0.25) is 9.69 Å². The molecule has 0 N–H and O–H groups in total. The number of carbonyl (C=O) groups is 2. The highest BCUT2D eigenvalue weighted by atomic mass is 79.9. The Balaban J connectivity index is 1.76. The van der Waals surface area contributed by atoms with Crippen LogP contribution in [0.25, 0.3) is 0 Å². The number of hydrogen-bond acceptors (Lipinski definition) is 4. The van der Waals surface area contributed by atoms with Crippen molar-refractivity contribution in [2.24, 2.45) is 5.92 Å². The normalized spacial score (nSPS) is 25.7. The maximum Gasteiger partial charge on any atom is 0.411 e. The van der Waals surface area contributed by atoms with Crippen LogP contribution in [0, 0.1) is 5.92 Å². The number of aromatic nitrogens is 1. The Morgan fingerprint density at radius 1 is 1.35 bits per heavy atom. The molecule has 1 aliphatic heterocycles. The molecule has 3 atom stereocenters. The molecule has 0 aromatic carbocycles. The minimum Gasteiger partial charge on any atom is -0.444 e. The number of likely N-dealkylation sites (tertiary alicyclic amines) is 1. The zero-order valence-corrected chi connectivity index (χ0v) is 15.0. The average molecular weight is 382 g/mol. The highest BCUT2D eigenvalue weighted by molar-refractivity contribution is 9.10. The fourth-order valence-electron chi connectivity index (χ4n) is 2.97. The molecule has 3 rings (SSSR count). The van der Waals surface area contributed by atoms with E-state index >= 15 is 0 Å². The van der Waals surface area contributed by atoms with E-state index in [1.54, 1.807) is 23.2 Å². The van der Waals surface area contributed by atoms with Crippen molar-refractivity contribution < 1.29 is 14.3 Å². The van der Waals surface area contributed by atoms with E-state index in [1.165, 1.54) is 3.93 Å². The van der Waals surface area contributed by atoms with E-state index in [0.717, 1.165) is 6.42 Å². The molecule has 3 unspecified atom stereocenters. The third kappa shape index (κ3) is 3.34. The lowest BCUT2D eigenvalue weighted by Crippen LogP contribution is -2.48. The van der Waals surface area contributed by atoms with Gasteiger partial charge in [0.25, 0.3) is 5.91 Å². The molecule has 1 saturated heterocycles. The molecule has 2 aliphatic rings. The fraction of sp³-hybridized carbons (Fsp3) is 0.562. The Hall–Kier alpha value is -1.63. The van der Waals surface area contributed by atoms with Crippen molar-refractivity contribution in [3.8, 4) is 0 Å². The molecule has 1 aliphatic carbocycles. The molecule has 0 spiro atoms. The highest BCUT2D eigenvalue weighted by Crippen LogP contribution is 2.49.